The highest BCUT2D eigenvalue weighted by molar-refractivity contribution is 5.92. The number of hydrogen-bond acceptors (Lipinski definition) is 3. The minimum Gasteiger partial charge on any atom is -0.481 e. The molecule has 1 heterocycles. The molecule has 1 aromatic heterocycles. The van der Waals surface area contributed by atoms with Gasteiger partial charge in [0.05, 0.1) is 11.6 Å². The van der Waals surface area contributed by atoms with Crippen molar-refractivity contribution < 1.29 is 14.7 Å². The molecule has 6 heteroatoms. The van der Waals surface area contributed by atoms with Gasteiger partial charge < -0.3 is 10.4 Å². The minimum absolute atomic E-state index is 0.110. The first-order chi connectivity index (χ1) is 7.41. The molecule has 88 valence electrons. The zero-order chi connectivity index (χ0) is 12.3. The monoisotopic (exact) mass is 225 g/mol. The smallest absolute Gasteiger partial charge is 0.308 e. The van der Waals surface area contributed by atoms with E-state index in [-0.39, 0.29) is 12.5 Å². The Bertz CT molecular complexity index is 411. The van der Waals surface area contributed by atoms with Crippen molar-refractivity contribution in [3.63, 3.8) is 0 Å². The van der Waals surface area contributed by atoms with Gasteiger partial charge in [-0.25, -0.2) is 0 Å². The third kappa shape index (κ3) is 2.82. The van der Waals surface area contributed by atoms with E-state index in [0.717, 1.165) is 5.69 Å². The van der Waals surface area contributed by atoms with Crippen LogP contribution in [0.15, 0.2) is 6.07 Å². The minimum atomic E-state index is -0.929. The number of hydrogen-bond donors (Lipinski definition) is 2. The van der Waals surface area contributed by atoms with Crippen LogP contribution in [0, 0.1) is 12.8 Å². The first kappa shape index (κ1) is 12.2. The average molecular weight is 225 g/mol. The van der Waals surface area contributed by atoms with Gasteiger partial charge in [0.2, 0.25) is 0 Å². The number of aryl methyl sites for hydroxylation is 2. The Balaban J connectivity index is 2.60. The van der Waals surface area contributed by atoms with Gasteiger partial charge in [-0.1, -0.05) is 6.92 Å². The lowest BCUT2D eigenvalue weighted by atomic mass is 10.2. The fourth-order valence-corrected chi connectivity index (χ4v) is 1.25. The summed E-state index contributed by atoms with van der Waals surface area (Å²) in [5.74, 6) is -1.84. The van der Waals surface area contributed by atoms with E-state index in [9.17, 15) is 9.59 Å². The second kappa shape index (κ2) is 4.78. The molecule has 0 unspecified atom stereocenters. The highest BCUT2D eigenvalue weighted by atomic mass is 16.4. The third-order valence-electron chi connectivity index (χ3n) is 2.22. The van der Waals surface area contributed by atoms with Gasteiger partial charge in [0, 0.05) is 13.6 Å². The second-order valence-electron chi connectivity index (χ2n) is 3.74. The number of nitrogens with zero attached hydrogens (tertiary/aromatic N) is 2. The van der Waals surface area contributed by atoms with E-state index in [1.807, 2.05) is 0 Å². The van der Waals surface area contributed by atoms with E-state index in [0.29, 0.717) is 5.69 Å². The standard InChI is InChI=1S/C10H15N3O3/c1-6(10(15)16)5-11-9(14)8-4-7(2)12-13(8)3/h4,6H,5H2,1-3H3,(H,11,14)(H,15,16)/t6-/m1/s1. The van der Waals surface area contributed by atoms with Gasteiger partial charge in [0.1, 0.15) is 5.69 Å². The van der Waals surface area contributed by atoms with Gasteiger partial charge in [0.25, 0.3) is 5.91 Å². The molecule has 0 aliphatic rings. The number of carbonyl (C=O) groups excluding carboxylic acids is 1. The number of rotatable bonds is 4. The van der Waals surface area contributed by atoms with E-state index >= 15 is 0 Å². The van der Waals surface area contributed by atoms with Gasteiger partial charge >= 0.3 is 5.97 Å². The first-order valence-corrected chi connectivity index (χ1v) is 4.93. The van der Waals surface area contributed by atoms with Gasteiger partial charge in [0.15, 0.2) is 0 Å². The van der Waals surface area contributed by atoms with Crippen molar-refractivity contribution in [2.45, 2.75) is 13.8 Å². The average Bonchev–Trinajstić information content (AvgIpc) is 2.53. The lowest BCUT2D eigenvalue weighted by molar-refractivity contribution is -0.140. The predicted molar refractivity (Wildman–Crippen MR) is 57.1 cm³/mol. The van der Waals surface area contributed by atoms with Gasteiger partial charge in [-0.15, -0.1) is 0 Å². The van der Waals surface area contributed by atoms with Crippen LogP contribution in [0.2, 0.25) is 0 Å². The van der Waals surface area contributed by atoms with Crippen molar-refractivity contribution >= 4 is 11.9 Å². The lowest BCUT2D eigenvalue weighted by Crippen LogP contribution is -2.32. The number of carbonyl (C=O) groups is 2. The second-order valence-corrected chi connectivity index (χ2v) is 3.74. The maximum atomic E-state index is 11.6. The SMILES string of the molecule is Cc1cc(C(=O)NC[C@@H](C)C(=O)O)n(C)n1. The molecule has 0 aromatic carbocycles. The Morgan fingerprint density at radius 2 is 2.25 bits per heavy atom. The van der Waals surface area contributed by atoms with Crippen LogP contribution in [0.4, 0.5) is 0 Å². The highest BCUT2D eigenvalue weighted by Crippen LogP contribution is 2.02. The summed E-state index contributed by atoms with van der Waals surface area (Å²) in [6, 6.07) is 1.65. The molecular formula is C10H15N3O3. The molecule has 0 saturated carbocycles. The van der Waals surface area contributed by atoms with Gasteiger partial charge in [-0.05, 0) is 13.0 Å². The molecule has 0 radical (unpaired) electrons. The van der Waals surface area contributed by atoms with Crippen molar-refractivity contribution in [3.05, 3.63) is 17.5 Å². The molecule has 1 amide bonds. The summed E-state index contributed by atoms with van der Waals surface area (Å²) in [7, 11) is 1.67. The Hall–Kier alpha value is -1.85. The van der Waals surface area contributed by atoms with Crippen LogP contribution in [0.1, 0.15) is 23.1 Å². The summed E-state index contributed by atoms with van der Waals surface area (Å²) >= 11 is 0. The molecule has 0 saturated heterocycles. The van der Waals surface area contributed by atoms with Crippen LogP contribution in [-0.4, -0.2) is 33.3 Å². The van der Waals surface area contributed by atoms with Crippen LogP contribution < -0.4 is 5.32 Å². The molecular weight excluding hydrogens is 210 g/mol. The van der Waals surface area contributed by atoms with Crippen LogP contribution in [0.25, 0.3) is 0 Å². The maximum Gasteiger partial charge on any atom is 0.308 e. The fraction of sp³-hybridized carbons (Fsp3) is 0.500. The van der Waals surface area contributed by atoms with Crippen LogP contribution in [0.5, 0.6) is 0 Å². The lowest BCUT2D eigenvalue weighted by Gasteiger charge is -2.08. The molecule has 0 fully saturated rings. The van der Waals surface area contributed by atoms with Crippen molar-refractivity contribution in [2.24, 2.45) is 13.0 Å². The van der Waals surface area contributed by atoms with Gasteiger partial charge in [-0.2, -0.15) is 5.10 Å². The molecule has 6 nitrogen and oxygen atoms in total. The van der Waals surface area contributed by atoms with E-state index in [1.165, 1.54) is 11.6 Å². The molecule has 0 aliphatic carbocycles. The summed E-state index contributed by atoms with van der Waals surface area (Å²) < 4.78 is 1.47. The largest absolute Gasteiger partial charge is 0.481 e. The normalized spacial score (nSPS) is 12.2. The summed E-state index contributed by atoms with van der Waals surface area (Å²) in [6.45, 7) is 3.44. The van der Waals surface area contributed by atoms with Crippen LogP contribution in [0.3, 0.4) is 0 Å². The summed E-state index contributed by atoms with van der Waals surface area (Å²) in [4.78, 5) is 22.2. The van der Waals surface area contributed by atoms with E-state index in [1.54, 1.807) is 20.0 Å². The fourth-order valence-electron chi connectivity index (χ4n) is 1.25. The molecule has 1 aromatic rings. The number of aromatic nitrogens is 2. The molecule has 16 heavy (non-hydrogen) atoms. The summed E-state index contributed by atoms with van der Waals surface area (Å²) in [5, 5.41) is 15.2. The number of aliphatic carboxylic acids is 1. The molecule has 1 rings (SSSR count). The maximum absolute atomic E-state index is 11.6. The number of carboxylic acid groups (broad SMARTS) is 1. The van der Waals surface area contributed by atoms with Crippen molar-refractivity contribution in [3.8, 4) is 0 Å². The van der Waals surface area contributed by atoms with E-state index in [2.05, 4.69) is 10.4 Å². The zero-order valence-electron chi connectivity index (χ0n) is 9.52. The summed E-state index contributed by atoms with van der Waals surface area (Å²) in [6.07, 6.45) is 0. The Kier molecular flexibility index (Phi) is 3.65. The quantitative estimate of drug-likeness (QED) is 0.765. The number of nitrogens with one attached hydrogen (secondary N) is 1. The van der Waals surface area contributed by atoms with Crippen molar-refractivity contribution in [2.75, 3.05) is 6.54 Å². The molecule has 0 aliphatic heterocycles. The summed E-state index contributed by atoms with van der Waals surface area (Å²) in [5.41, 5.74) is 1.18. The predicted octanol–water partition coefficient (Wildman–Crippen LogP) is 0.179. The molecule has 2 N–H and O–H groups in total. The van der Waals surface area contributed by atoms with Crippen molar-refractivity contribution in [1.82, 2.24) is 15.1 Å². The van der Waals surface area contributed by atoms with Gasteiger partial charge in [-0.3, -0.25) is 14.3 Å². The number of amides is 1. The van der Waals surface area contributed by atoms with Crippen LogP contribution >= 0.6 is 0 Å². The van der Waals surface area contributed by atoms with E-state index in [4.69, 9.17) is 5.11 Å². The Labute approximate surface area is 93.3 Å². The van der Waals surface area contributed by atoms with Crippen LogP contribution in [-0.2, 0) is 11.8 Å². The Morgan fingerprint density at radius 1 is 1.62 bits per heavy atom. The molecule has 1 atom stereocenters. The zero-order valence-corrected chi connectivity index (χ0v) is 9.52. The molecule has 0 spiro atoms. The molecule has 0 bridgehead atoms. The third-order valence-corrected chi connectivity index (χ3v) is 2.22. The number of carboxylic acids is 1. The highest BCUT2D eigenvalue weighted by Gasteiger charge is 2.15. The van der Waals surface area contributed by atoms with E-state index < -0.39 is 11.9 Å². The first-order valence-electron chi connectivity index (χ1n) is 4.93. The Morgan fingerprint density at radius 3 is 2.69 bits per heavy atom. The van der Waals surface area contributed by atoms with Crippen molar-refractivity contribution in [1.29, 1.82) is 0 Å². The topological polar surface area (TPSA) is 84.2 Å².